The van der Waals surface area contributed by atoms with Crippen LogP contribution in [0.2, 0.25) is 0 Å². The van der Waals surface area contributed by atoms with Gasteiger partial charge in [-0.3, -0.25) is 10.1 Å². The molecule has 0 aliphatic carbocycles. The fraction of sp³-hybridized carbons (Fsp3) is 0.467. The molecule has 0 aromatic heterocycles. The molecule has 1 atom stereocenters. The van der Waals surface area contributed by atoms with Crippen molar-refractivity contribution in [3.05, 3.63) is 28.8 Å². The average Bonchev–Trinajstić information content (AvgIpc) is 2.25. The minimum atomic E-state index is -0.807. The Morgan fingerprint density at radius 3 is 2.05 bits per heavy atom. The topological polar surface area (TPSA) is 72.2 Å². The van der Waals surface area contributed by atoms with Crippen LogP contribution < -0.4 is 11.1 Å². The number of carbonyl (C=O) groups is 2. The van der Waals surface area contributed by atoms with Crippen LogP contribution in [0.3, 0.4) is 0 Å². The summed E-state index contributed by atoms with van der Waals surface area (Å²) in [5.74, 6) is -0.240. The van der Waals surface area contributed by atoms with Crippen molar-refractivity contribution in [3.63, 3.8) is 0 Å². The largest absolute Gasteiger partial charge is 0.351 e. The number of primary amides is 1. The van der Waals surface area contributed by atoms with E-state index in [1.54, 1.807) is 0 Å². The van der Waals surface area contributed by atoms with Gasteiger partial charge in [0, 0.05) is 4.90 Å². The Labute approximate surface area is 124 Å². The van der Waals surface area contributed by atoms with Crippen molar-refractivity contribution in [2.75, 3.05) is 0 Å². The van der Waals surface area contributed by atoms with Crippen LogP contribution in [0.25, 0.3) is 0 Å². The van der Waals surface area contributed by atoms with Crippen molar-refractivity contribution in [2.24, 2.45) is 11.7 Å². The zero-order chi connectivity index (χ0) is 15.4. The highest BCUT2D eigenvalue weighted by Crippen LogP contribution is 2.34. The molecule has 20 heavy (non-hydrogen) atoms. The quantitative estimate of drug-likeness (QED) is 0.839. The third-order valence-corrected chi connectivity index (χ3v) is 4.85. The van der Waals surface area contributed by atoms with E-state index in [1.807, 2.05) is 34.6 Å². The molecule has 4 nitrogen and oxygen atoms in total. The first-order chi connectivity index (χ1) is 9.22. The van der Waals surface area contributed by atoms with Crippen molar-refractivity contribution in [3.8, 4) is 0 Å². The molecule has 0 heterocycles. The summed E-state index contributed by atoms with van der Waals surface area (Å²) in [7, 11) is 0. The molecular weight excluding hydrogens is 272 g/mol. The normalized spacial score (nSPS) is 12.3. The van der Waals surface area contributed by atoms with Crippen LogP contribution in [0.1, 0.15) is 30.5 Å². The third kappa shape index (κ3) is 4.27. The fourth-order valence-corrected chi connectivity index (χ4v) is 3.35. The van der Waals surface area contributed by atoms with Crippen LogP contribution >= 0.6 is 11.8 Å². The monoisotopic (exact) mass is 294 g/mol. The van der Waals surface area contributed by atoms with Gasteiger partial charge in [-0.1, -0.05) is 31.5 Å². The van der Waals surface area contributed by atoms with E-state index in [0.29, 0.717) is 0 Å². The van der Waals surface area contributed by atoms with E-state index in [0.717, 1.165) is 16.0 Å². The van der Waals surface area contributed by atoms with Crippen molar-refractivity contribution in [1.29, 1.82) is 0 Å². The van der Waals surface area contributed by atoms with E-state index < -0.39 is 6.03 Å². The second kappa shape index (κ2) is 6.79. The molecule has 1 unspecified atom stereocenters. The molecule has 1 aromatic rings. The lowest BCUT2D eigenvalue weighted by Gasteiger charge is -2.21. The van der Waals surface area contributed by atoms with Gasteiger partial charge in [0.15, 0.2) is 0 Å². The zero-order valence-corrected chi connectivity index (χ0v) is 13.4. The van der Waals surface area contributed by atoms with Gasteiger partial charge in [-0.25, -0.2) is 4.79 Å². The number of hydrogen-bond donors (Lipinski definition) is 2. The molecule has 0 aliphatic heterocycles. The summed E-state index contributed by atoms with van der Waals surface area (Å²) >= 11 is 1.49. The number of carbonyl (C=O) groups excluding carboxylic acids is 2. The smallest absolute Gasteiger partial charge is 0.318 e. The molecule has 0 fully saturated rings. The van der Waals surface area contributed by atoms with Gasteiger partial charge >= 0.3 is 6.03 Å². The number of hydrogen-bond acceptors (Lipinski definition) is 3. The molecule has 5 heteroatoms. The highest BCUT2D eigenvalue weighted by molar-refractivity contribution is 8.00. The van der Waals surface area contributed by atoms with Crippen molar-refractivity contribution in [1.82, 2.24) is 5.32 Å². The van der Waals surface area contributed by atoms with Crippen molar-refractivity contribution >= 4 is 23.7 Å². The maximum absolute atomic E-state index is 12.1. The summed E-state index contributed by atoms with van der Waals surface area (Å²) in [5, 5.41) is 1.83. The second-order valence-corrected chi connectivity index (χ2v) is 6.52. The van der Waals surface area contributed by atoms with Crippen LogP contribution in [0.15, 0.2) is 17.0 Å². The Kier molecular flexibility index (Phi) is 5.62. The van der Waals surface area contributed by atoms with Crippen molar-refractivity contribution in [2.45, 2.75) is 44.8 Å². The number of rotatable bonds is 4. The minimum Gasteiger partial charge on any atom is -0.351 e. The van der Waals surface area contributed by atoms with Crippen LogP contribution in [-0.4, -0.2) is 17.2 Å². The maximum atomic E-state index is 12.1. The summed E-state index contributed by atoms with van der Waals surface area (Å²) in [6.07, 6.45) is 0. The molecule has 0 spiro atoms. The van der Waals surface area contributed by atoms with Crippen LogP contribution in [-0.2, 0) is 4.79 Å². The van der Waals surface area contributed by atoms with E-state index in [9.17, 15) is 9.59 Å². The van der Waals surface area contributed by atoms with Crippen LogP contribution in [0.5, 0.6) is 0 Å². The first-order valence-electron chi connectivity index (χ1n) is 6.57. The van der Waals surface area contributed by atoms with Gasteiger partial charge < -0.3 is 5.73 Å². The molecule has 1 rings (SSSR count). The maximum Gasteiger partial charge on any atom is 0.318 e. The summed E-state index contributed by atoms with van der Waals surface area (Å²) in [5.41, 5.74) is 8.51. The Balaban J connectivity index is 3.03. The Hall–Kier alpha value is -1.49. The fourth-order valence-electron chi connectivity index (χ4n) is 2.16. The minimum absolute atomic E-state index is 0.0967. The number of imide groups is 1. The van der Waals surface area contributed by atoms with Crippen molar-refractivity contribution < 1.29 is 9.59 Å². The van der Waals surface area contributed by atoms with E-state index in [1.165, 1.54) is 17.3 Å². The molecule has 0 saturated heterocycles. The zero-order valence-electron chi connectivity index (χ0n) is 12.6. The van der Waals surface area contributed by atoms with E-state index in [2.05, 4.69) is 17.4 Å². The van der Waals surface area contributed by atoms with Crippen LogP contribution in [0, 0.1) is 26.7 Å². The Morgan fingerprint density at radius 1 is 1.15 bits per heavy atom. The predicted octanol–water partition coefficient (Wildman–Crippen LogP) is 2.92. The summed E-state index contributed by atoms with van der Waals surface area (Å²) < 4.78 is 0. The first kappa shape index (κ1) is 16.6. The van der Waals surface area contributed by atoms with Gasteiger partial charge in [0.2, 0.25) is 5.91 Å². The molecule has 1 aromatic carbocycles. The van der Waals surface area contributed by atoms with Gasteiger partial charge in [0.25, 0.3) is 0 Å². The second-order valence-electron chi connectivity index (χ2n) is 5.36. The van der Waals surface area contributed by atoms with Gasteiger partial charge in [0.05, 0.1) is 5.25 Å². The van der Waals surface area contributed by atoms with E-state index >= 15 is 0 Å². The lowest BCUT2D eigenvalue weighted by molar-refractivity contribution is -0.120. The molecule has 110 valence electrons. The molecule has 0 radical (unpaired) electrons. The highest BCUT2D eigenvalue weighted by Gasteiger charge is 2.25. The standard InChI is InChI=1S/C15H22N2O2S/c1-8(2)12(14(18)17-15(16)19)20-13-10(4)6-9(3)7-11(13)5/h6-8,12H,1-5H3,(H3,16,17,18,19). The Bertz CT molecular complexity index is 504. The number of benzene rings is 1. The van der Waals surface area contributed by atoms with Gasteiger partial charge in [-0.2, -0.15) is 0 Å². The summed E-state index contributed by atoms with van der Waals surface area (Å²) in [6.45, 7) is 10.0. The molecule has 3 amide bonds. The first-order valence-corrected chi connectivity index (χ1v) is 7.45. The molecular formula is C15H22N2O2S. The highest BCUT2D eigenvalue weighted by atomic mass is 32.2. The lowest BCUT2D eigenvalue weighted by atomic mass is 10.1. The van der Waals surface area contributed by atoms with Gasteiger partial charge in [-0.05, 0) is 37.8 Å². The Morgan fingerprint density at radius 2 is 1.65 bits per heavy atom. The number of thioether (sulfide) groups is 1. The number of nitrogens with one attached hydrogen (secondary N) is 1. The summed E-state index contributed by atoms with van der Waals surface area (Å²) in [4.78, 5) is 24.0. The lowest BCUT2D eigenvalue weighted by Crippen LogP contribution is -2.42. The van der Waals surface area contributed by atoms with Gasteiger partial charge in [-0.15, -0.1) is 11.8 Å². The van der Waals surface area contributed by atoms with E-state index in [4.69, 9.17) is 5.73 Å². The molecule has 0 aliphatic rings. The van der Waals surface area contributed by atoms with E-state index in [-0.39, 0.29) is 17.1 Å². The molecule has 0 bridgehead atoms. The number of urea groups is 1. The molecule has 0 saturated carbocycles. The summed E-state index contributed by atoms with van der Waals surface area (Å²) in [6, 6.07) is 3.39. The number of aryl methyl sites for hydroxylation is 3. The van der Waals surface area contributed by atoms with Crippen LogP contribution in [0.4, 0.5) is 4.79 Å². The predicted molar refractivity (Wildman–Crippen MR) is 82.9 cm³/mol. The SMILES string of the molecule is Cc1cc(C)c(SC(C(=O)NC(N)=O)C(C)C)c(C)c1. The third-order valence-electron chi connectivity index (χ3n) is 2.96. The van der Waals surface area contributed by atoms with Gasteiger partial charge in [0.1, 0.15) is 0 Å². The molecule has 3 N–H and O–H groups in total. The average molecular weight is 294 g/mol. The number of nitrogens with two attached hydrogens (primary N) is 1. The number of amides is 3.